The van der Waals surface area contributed by atoms with E-state index in [0.717, 1.165) is 6.07 Å². The smallest absolute Gasteiger partial charge is 0.283 e. The number of nitrogens with zero attached hydrogens (tertiary/aromatic N) is 3. The Hall–Kier alpha value is -3.01. The summed E-state index contributed by atoms with van der Waals surface area (Å²) in [6, 6.07) is 2.16. The van der Waals surface area contributed by atoms with Gasteiger partial charge in [-0.3, -0.25) is 4.79 Å². The molecule has 160 valence electrons. The van der Waals surface area contributed by atoms with Crippen molar-refractivity contribution in [2.75, 3.05) is 19.1 Å². The van der Waals surface area contributed by atoms with Crippen LogP contribution in [0.1, 0.15) is 29.9 Å². The molecular weight excluding hydrogens is 420 g/mol. The van der Waals surface area contributed by atoms with Crippen LogP contribution in [0.3, 0.4) is 0 Å². The number of aromatic nitrogens is 2. The third kappa shape index (κ3) is 3.87. The summed E-state index contributed by atoms with van der Waals surface area (Å²) in [6.45, 7) is 2.41. The lowest BCUT2D eigenvalue weighted by molar-refractivity contribution is 0.0510. The van der Waals surface area contributed by atoms with E-state index in [4.69, 9.17) is 26.8 Å². The van der Waals surface area contributed by atoms with Gasteiger partial charge in [0.15, 0.2) is 0 Å². The lowest BCUT2D eigenvalue weighted by Gasteiger charge is -2.41. The number of amidine groups is 1. The van der Waals surface area contributed by atoms with Gasteiger partial charge in [-0.15, -0.1) is 0 Å². The first-order valence-electron chi connectivity index (χ1n) is 8.96. The quantitative estimate of drug-likeness (QED) is 0.740. The van der Waals surface area contributed by atoms with Crippen LogP contribution in [-0.2, 0) is 10.3 Å². The molecule has 1 aromatic heterocycles. The number of carbonyl (C=O) groups excluding carboxylic acids is 1. The highest BCUT2D eigenvalue weighted by Crippen LogP contribution is 2.44. The van der Waals surface area contributed by atoms with Crippen molar-refractivity contribution in [3.8, 4) is 5.88 Å². The summed E-state index contributed by atoms with van der Waals surface area (Å²) in [5.74, 6) is -1.79. The third-order valence-corrected chi connectivity index (χ3v) is 5.48. The van der Waals surface area contributed by atoms with E-state index in [-0.39, 0.29) is 33.9 Å². The zero-order valence-corrected chi connectivity index (χ0v) is 17.2. The van der Waals surface area contributed by atoms with Crippen molar-refractivity contribution in [1.82, 2.24) is 9.97 Å². The van der Waals surface area contributed by atoms with Gasteiger partial charge in [0.2, 0.25) is 5.88 Å². The van der Waals surface area contributed by atoms with E-state index in [9.17, 15) is 13.6 Å². The molecule has 1 aromatic carbocycles. The molecule has 0 aliphatic carbocycles. The van der Waals surface area contributed by atoms with Gasteiger partial charge in [0, 0.05) is 17.2 Å². The first kappa shape index (κ1) is 21.7. The minimum absolute atomic E-state index is 0.0248. The Bertz CT molecular complexity index is 989. The molecule has 1 aliphatic rings. The standard InChI is InChI=1S/C19H20ClF2N5O3/c1-9-10(2)30-18(23)27-19(9,8-21)12-4-11(5-13(22)16(12)20)26-17(28)14-6-25-15(29-3)7-24-14/h4-7,9-10H,8H2,1-3H3,(H2,23,27)(H,26,28)/t9-,10?,19-/m1/s1. The molecule has 1 amide bonds. The van der Waals surface area contributed by atoms with Crippen LogP contribution >= 0.6 is 11.6 Å². The summed E-state index contributed by atoms with van der Waals surface area (Å²) in [6.07, 6.45) is 1.98. The van der Waals surface area contributed by atoms with Crippen LogP contribution in [0, 0.1) is 11.7 Å². The minimum atomic E-state index is -1.57. The summed E-state index contributed by atoms with van der Waals surface area (Å²) >= 11 is 6.17. The van der Waals surface area contributed by atoms with E-state index in [1.807, 2.05) is 0 Å². The van der Waals surface area contributed by atoms with E-state index in [0.29, 0.717) is 0 Å². The molecule has 2 heterocycles. The molecule has 0 spiro atoms. The van der Waals surface area contributed by atoms with Gasteiger partial charge in [-0.1, -0.05) is 18.5 Å². The van der Waals surface area contributed by atoms with Crippen LogP contribution in [0.15, 0.2) is 29.5 Å². The Morgan fingerprint density at radius 3 is 2.70 bits per heavy atom. The number of amides is 1. The maximum absolute atomic E-state index is 14.6. The predicted octanol–water partition coefficient (Wildman–Crippen LogP) is 3.06. The number of halogens is 3. The van der Waals surface area contributed by atoms with Crippen molar-refractivity contribution in [2.45, 2.75) is 25.5 Å². The summed E-state index contributed by atoms with van der Waals surface area (Å²) in [5, 5.41) is 2.19. The number of rotatable bonds is 5. The number of carbonyl (C=O) groups is 1. The first-order valence-corrected chi connectivity index (χ1v) is 9.34. The highest BCUT2D eigenvalue weighted by molar-refractivity contribution is 6.31. The van der Waals surface area contributed by atoms with Crippen LogP contribution in [0.4, 0.5) is 14.5 Å². The molecule has 0 radical (unpaired) electrons. The SMILES string of the molecule is COc1cnc(C(=O)Nc2cc(F)c(Cl)c([C@]3(CF)N=C(N)OC(C)[C@H]3C)c2)cn1. The fourth-order valence-electron chi connectivity index (χ4n) is 3.24. The van der Waals surface area contributed by atoms with Gasteiger partial charge in [-0.25, -0.2) is 23.7 Å². The van der Waals surface area contributed by atoms with Gasteiger partial charge in [0.05, 0.1) is 24.5 Å². The fourth-order valence-corrected chi connectivity index (χ4v) is 3.52. The topological polar surface area (TPSA) is 112 Å². The normalized spacial score (nSPS) is 23.3. The lowest BCUT2D eigenvalue weighted by atomic mass is 9.77. The van der Waals surface area contributed by atoms with Crippen molar-refractivity contribution in [3.05, 3.63) is 46.6 Å². The first-order chi connectivity index (χ1) is 14.2. The third-order valence-electron chi connectivity index (χ3n) is 5.10. The van der Waals surface area contributed by atoms with Crippen molar-refractivity contribution in [1.29, 1.82) is 0 Å². The molecule has 8 nitrogen and oxygen atoms in total. The Balaban J connectivity index is 2.01. The molecule has 1 unspecified atom stereocenters. The van der Waals surface area contributed by atoms with Crippen LogP contribution < -0.4 is 15.8 Å². The molecule has 0 bridgehead atoms. The minimum Gasteiger partial charge on any atom is -0.480 e. The zero-order valence-electron chi connectivity index (χ0n) is 16.4. The molecule has 11 heteroatoms. The summed E-state index contributed by atoms with van der Waals surface area (Å²) < 4.78 is 39.2. The van der Waals surface area contributed by atoms with Crippen LogP contribution in [-0.4, -0.2) is 41.8 Å². The summed E-state index contributed by atoms with van der Waals surface area (Å²) in [7, 11) is 1.41. The molecular formula is C19H20ClF2N5O3. The number of methoxy groups -OCH3 is 1. The monoisotopic (exact) mass is 439 g/mol. The second-order valence-corrected chi connectivity index (χ2v) is 7.22. The van der Waals surface area contributed by atoms with Crippen LogP contribution in [0.2, 0.25) is 5.02 Å². The molecule has 3 rings (SSSR count). The second-order valence-electron chi connectivity index (χ2n) is 6.84. The number of ether oxygens (including phenoxy) is 2. The lowest BCUT2D eigenvalue weighted by Crippen LogP contribution is -2.48. The van der Waals surface area contributed by atoms with Gasteiger partial charge in [-0.2, -0.15) is 0 Å². The highest BCUT2D eigenvalue weighted by Gasteiger charge is 2.47. The number of benzene rings is 1. The molecule has 3 N–H and O–H groups in total. The number of alkyl halides is 1. The zero-order chi connectivity index (χ0) is 22.1. The summed E-state index contributed by atoms with van der Waals surface area (Å²) in [4.78, 5) is 24.4. The van der Waals surface area contributed by atoms with Crippen LogP contribution in [0.25, 0.3) is 0 Å². The molecule has 2 aromatic rings. The maximum atomic E-state index is 14.6. The van der Waals surface area contributed by atoms with Gasteiger partial charge in [-0.05, 0) is 19.1 Å². The Morgan fingerprint density at radius 2 is 2.10 bits per heavy atom. The number of nitrogens with one attached hydrogen (secondary N) is 1. The fraction of sp³-hybridized carbons (Fsp3) is 0.368. The number of hydrogen-bond donors (Lipinski definition) is 2. The van der Waals surface area contributed by atoms with E-state index >= 15 is 0 Å². The average Bonchev–Trinajstić information content (AvgIpc) is 2.73. The van der Waals surface area contributed by atoms with E-state index in [2.05, 4.69) is 20.3 Å². The van der Waals surface area contributed by atoms with Crippen molar-refractivity contribution < 1.29 is 23.0 Å². The second kappa shape index (κ2) is 8.39. The number of aliphatic imine (C=N–C) groups is 1. The van der Waals surface area contributed by atoms with Gasteiger partial charge in [0.25, 0.3) is 11.9 Å². The van der Waals surface area contributed by atoms with Gasteiger partial charge < -0.3 is 20.5 Å². The number of anilines is 1. The molecule has 0 saturated heterocycles. The number of nitrogens with two attached hydrogens (primary N) is 1. The Labute approximate surface area is 176 Å². The largest absolute Gasteiger partial charge is 0.480 e. The van der Waals surface area contributed by atoms with E-state index in [1.54, 1.807) is 13.8 Å². The molecule has 30 heavy (non-hydrogen) atoms. The number of hydrogen-bond acceptors (Lipinski definition) is 7. The van der Waals surface area contributed by atoms with Crippen molar-refractivity contribution in [2.24, 2.45) is 16.6 Å². The van der Waals surface area contributed by atoms with E-state index < -0.39 is 36.0 Å². The average molecular weight is 440 g/mol. The van der Waals surface area contributed by atoms with Gasteiger partial charge in [0.1, 0.15) is 29.8 Å². The van der Waals surface area contributed by atoms with Gasteiger partial charge >= 0.3 is 0 Å². The molecule has 0 fully saturated rings. The van der Waals surface area contributed by atoms with Crippen LogP contribution in [0.5, 0.6) is 5.88 Å². The Kier molecular flexibility index (Phi) is 6.06. The molecule has 3 atom stereocenters. The predicted molar refractivity (Wildman–Crippen MR) is 107 cm³/mol. The van der Waals surface area contributed by atoms with Crippen molar-refractivity contribution in [3.63, 3.8) is 0 Å². The Morgan fingerprint density at radius 1 is 1.37 bits per heavy atom. The molecule has 1 aliphatic heterocycles. The maximum Gasteiger partial charge on any atom is 0.283 e. The van der Waals surface area contributed by atoms with E-state index in [1.165, 1.54) is 25.6 Å². The summed E-state index contributed by atoms with van der Waals surface area (Å²) in [5.41, 5.74) is 4.21. The molecule has 0 saturated carbocycles. The van der Waals surface area contributed by atoms with Crippen molar-refractivity contribution >= 4 is 29.2 Å². The highest BCUT2D eigenvalue weighted by atomic mass is 35.5.